The van der Waals surface area contributed by atoms with Crippen molar-refractivity contribution in [1.29, 1.82) is 0 Å². The number of furan rings is 1. The highest BCUT2D eigenvalue weighted by molar-refractivity contribution is 6.31. The van der Waals surface area contributed by atoms with Gasteiger partial charge in [0, 0.05) is 5.69 Å². The maximum atomic E-state index is 13.1. The molecule has 2 rings (SSSR count). The number of hydrogen-bond donors (Lipinski definition) is 2. The van der Waals surface area contributed by atoms with Gasteiger partial charge in [0.25, 0.3) is 5.91 Å². The lowest BCUT2D eigenvalue weighted by molar-refractivity contribution is -0.118. The summed E-state index contributed by atoms with van der Waals surface area (Å²) in [6.07, 6.45) is 1.37. The third kappa shape index (κ3) is 4.32. The molecule has 2 aromatic rings. The zero-order chi connectivity index (χ0) is 17.0. The zero-order valence-corrected chi connectivity index (χ0v) is 13.4. The zero-order valence-electron chi connectivity index (χ0n) is 12.6. The number of carbonyl (C=O) groups is 2. The molecule has 0 spiro atoms. The van der Waals surface area contributed by atoms with Crippen molar-refractivity contribution in [2.45, 2.75) is 19.9 Å². The monoisotopic (exact) mass is 338 g/mol. The van der Waals surface area contributed by atoms with Crippen LogP contribution in [0.4, 0.5) is 10.1 Å². The van der Waals surface area contributed by atoms with Crippen LogP contribution in [-0.4, -0.2) is 17.9 Å². The first-order chi connectivity index (χ1) is 10.9. The van der Waals surface area contributed by atoms with Crippen LogP contribution in [0.5, 0.6) is 0 Å². The van der Waals surface area contributed by atoms with Crippen molar-refractivity contribution in [1.82, 2.24) is 5.32 Å². The lowest BCUT2D eigenvalue weighted by Gasteiger charge is -2.21. The van der Waals surface area contributed by atoms with Crippen molar-refractivity contribution < 1.29 is 18.4 Å². The minimum atomic E-state index is -0.781. The van der Waals surface area contributed by atoms with Gasteiger partial charge in [-0.25, -0.2) is 4.39 Å². The molecule has 7 heteroatoms. The Morgan fingerprint density at radius 2 is 2.00 bits per heavy atom. The Bertz CT molecular complexity index is 701. The van der Waals surface area contributed by atoms with Crippen molar-refractivity contribution >= 4 is 29.1 Å². The smallest absolute Gasteiger partial charge is 0.287 e. The molecule has 0 aliphatic heterocycles. The van der Waals surface area contributed by atoms with Crippen LogP contribution in [0.25, 0.3) is 0 Å². The highest BCUT2D eigenvalue weighted by atomic mass is 35.5. The van der Waals surface area contributed by atoms with E-state index in [0.717, 1.165) is 6.07 Å². The molecule has 2 N–H and O–H groups in total. The number of nitrogens with one attached hydrogen (secondary N) is 2. The van der Waals surface area contributed by atoms with Gasteiger partial charge in [0.1, 0.15) is 11.9 Å². The molecule has 0 saturated heterocycles. The van der Waals surface area contributed by atoms with Gasteiger partial charge < -0.3 is 15.1 Å². The first-order valence-electron chi connectivity index (χ1n) is 6.98. The van der Waals surface area contributed by atoms with Crippen molar-refractivity contribution in [2.24, 2.45) is 5.92 Å². The second kappa shape index (κ2) is 7.28. The van der Waals surface area contributed by atoms with Crippen molar-refractivity contribution in [3.8, 4) is 0 Å². The number of hydrogen-bond acceptors (Lipinski definition) is 3. The van der Waals surface area contributed by atoms with E-state index < -0.39 is 23.7 Å². The number of halogens is 2. The SMILES string of the molecule is CC(C)C(NC(=O)c1ccco1)C(=O)Nc1ccc(F)c(Cl)c1. The Labute approximate surface area is 137 Å². The molecule has 0 radical (unpaired) electrons. The van der Waals surface area contributed by atoms with Crippen molar-refractivity contribution in [2.75, 3.05) is 5.32 Å². The van der Waals surface area contributed by atoms with E-state index in [1.807, 2.05) is 0 Å². The summed E-state index contributed by atoms with van der Waals surface area (Å²) in [6.45, 7) is 3.59. The molecule has 0 saturated carbocycles. The molecular formula is C16H16ClFN2O3. The van der Waals surface area contributed by atoms with E-state index in [4.69, 9.17) is 16.0 Å². The van der Waals surface area contributed by atoms with E-state index in [9.17, 15) is 14.0 Å². The Kier molecular flexibility index (Phi) is 5.39. The minimum absolute atomic E-state index is 0.0940. The lowest BCUT2D eigenvalue weighted by atomic mass is 10.0. The molecular weight excluding hydrogens is 323 g/mol. The summed E-state index contributed by atoms with van der Waals surface area (Å²) in [7, 11) is 0. The molecule has 23 heavy (non-hydrogen) atoms. The van der Waals surface area contributed by atoms with E-state index in [1.165, 1.54) is 24.5 Å². The average Bonchev–Trinajstić information content (AvgIpc) is 3.02. The average molecular weight is 339 g/mol. The molecule has 0 bridgehead atoms. The van der Waals surface area contributed by atoms with Gasteiger partial charge >= 0.3 is 0 Å². The minimum Gasteiger partial charge on any atom is -0.459 e. The first-order valence-corrected chi connectivity index (χ1v) is 7.36. The highest BCUT2D eigenvalue weighted by Crippen LogP contribution is 2.20. The topological polar surface area (TPSA) is 71.3 Å². The van der Waals surface area contributed by atoms with Crippen LogP contribution in [0.3, 0.4) is 0 Å². The Morgan fingerprint density at radius 1 is 1.26 bits per heavy atom. The third-order valence-corrected chi connectivity index (χ3v) is 3.46. The van der Waals surface area contributed by atoms with E-state index in [2.05, 4.69) is 10.6 Å². The van der Waals surface area contributed by atoms with Gasteiger partial charge in [-0.2, -0.15) is 0 Å². The van der Waals surface area contributed by atoms with Gasteiger partial charge in [-0.05, 0) is 36.2 Å². The molecule has 5 nitrogen and oxygen atoms in total. The van der Waals surface area contributed by atoms with E-state index >= 15 is 0 Å². The Hall–Kier alpha value is -2.34. The van der Waals surface area contributed by atoms with Crippen LogP contribution in [0.2, 0.25) is 5.02 Å². The fourth-order valence-corrected chi connectivity index (χ4v) is 2.13. The van der Waals surface area contributed by atoms with Crippen molar-refractivity contribution in [3.05, 3.63) is 53.2 Å². The second-order valence-corrected chi connectivity index (χ2v) is 5.70. The molecule has 1 unspecified atom stereocenters. The standard InChI is InChI=1S/C16H16ClFN2O3/c1-9(2)14(20-15(21)13-4-3-7-23-13)16(22)19-10-5-6-12(18)11(17)8-10/h3-9,14H,1-2H3,(H,19,22)(H,20,21). The summed E-state index contributed by atoms with van der Waals surface area (Å²) in [5.74, 6) is -1.53. The summed E-state index contributed by atoms with van der Waals surface area (Å²) in [5.41, 5.74) is 0.347. The largest absolute Gasteiger partial charge is 0.459 e. The Balaban J connectivity index is 2.09. The summed E-state index contributed by atoms with van der Waals surface area (Å²) in [6, 6.07) is 6.16. The van der Waals surface area contributed by atoms with Gasteiger partial charge in [0.05, 0.1) is 11.3 Å². The normalized spacial score (nSPS) is 12.0. The number of carbonyl (C=O) groups excluding carboxylic acids is 2. The third-order valence-electron chi connectivity index (χ3n) is 3.17. The molecule has 1 atom stereocenters. The van der Waals surface area contributed by atoms with Crippen molar-refractivity contribution in [3.63, 3.8) is 0 Å². The second-order valence-electron chi connectivity index (χ2n) is 5.29. The lowest BCUT2D eigenvalue weighted by Crippen LogP contribution is -2.47. The number of anilines is 1. The summed E-state index contributed by atoms with van der Waals surface area (Å²) in [5, 5.41) is 5.13. The van der Waals surface area contributed by atoms with Crippen LogP contribution in [-0.2, 0) is 4.79 Å². The van der Waals surface area contributed by atoms with Crippen LogP contribution in [0.1, 0.15) is 24.4 Å². The Morgan fingerprint density at radius 3 is 2.57 bits per heavy atom. The predicted molar refractivity (Wildman–Crippen MR) is 84.8 cm³/mol. The molecule has 2 amide bonds. The van der Waals surface area contributed by atoms with Crippen LogP contribution in [0.15, 0.2) is 41.0 Å². The fraction of sp³-hybridized carbons (Fsp3) is 0.250. The van der Waals surface area contributed by atoms with Crippen LogP contribution in [0, 0.1) is 11.7 Å². The summed E-state index contributed by atoms with van der Waals surface area (Å²) < 4.78 is 18.1. The molecule has 122 valence electrons. The van der Waals surface area contributed by atoms with Gasteiger partial charge in [-0.1, -0.05) is 25.4 Å². The quantitative estimate of drug-likeness (QED) is 0.877. The maximum Gasteiger partial charge on any atom is 0.287 e. The molecule has 0 aliphatic carbocycles. The highest BCUT2D eigenvalue weighted by Gasteiger charge is 2.25. The number of benzene rings is 1. The van der Waals surface area contributed by atoms with E-state index in [0.29, 0.717) is 5.69 Å². The van der Waals surface area contributed by atoms with Crippen LogP contribution < -0.4 is 10.6 Å². The number of amides is 2. The van der Waals surface area contributed by atoms with Crippen LogP contribution >= 0.6 is 11.6 Å². The molecule has 0 fully saturated rings. The summed E-state index contributed by atoms with van der Waals surface area (Å²) in [4.78, 5) is 24.4. The fourth-order valence-electron chi connectivity index (χ4n) is 1.95. The number of rotatable bonds is 5. The molecule has 1 heterocycles. The summed E-state index contributed by atoms with van der Waals surface area (Å²) >= 11 is 5.68. The van der Waals surface area contributed by atoms with Gasteiger partial charge in [0.2, 0.25) is 5.91 Å². The predicted octanol–water partition coefficient (Wildman–Crippen LogP) is 3.47. The van der Waals surface area contributed by atoms with Gasteiger partial charge in [0.15, 0.2) is 5.76 Å². The molecule has 1 aromatic heterocycles. The van der Waals surface area contributed by atoms with E-state index in [-0.39, 0.29) is 16.7 Å². The first kappa shape index (κ1) is 17.0. The van der Waals surface area contributed by atoms with Gasteiger partial charge in [-0.15, -0.1) is 0 Å². The van der Waals surface area contributed by atoms with E-state index in [1.54, 1.807) is 19.9 Å². The van der Waals surface area contributed by atoms with Gasteiger partial charge in [-0.3, -0.25) is 9.59 Å². The molecule has 1 aromatic carbocycles. The molecule has 0 aliphatic rings. The maximum absolute atomic E-state index is 13.1.